The first-order valence-corrected chi connectivity index (χ1v) is 4.97. The third-order valence-electron chi connectivity index (χ3n) is 3.40. The minimum Gasteiger partial charge on any atom is -0.304 e. The Morgan fingerprint density at radius 2 is 2.54 bits per heavy atom. The fourth-order valence-corrected chi connectivity index (χ4v) is 2.75. The molecule has 0 saturated carbocycles. The van der Waals surface area contributed by atoms with E-state index in [4.69, 9.17) is 0 Å². The minimum absolute atomic E-state index is 0.348. The van der Waals surface area contributed by atoms with Gasteiger partial charge in [0.2, 0.25) is 0 Å². The van der Waals surface area contributed by atoms with Gasteiger partial charge in [-0.3, -0.25) is 4.98 Å². The lowest BCUT2D eigenvalue weighted by atomic mass is 9.89. The Balaban J connectivity index is 2.13. The molecule has 2 aliphatic heterocycles. The van der Waals surface area contributed by atoms with Crippen LogP contribution in [-0.2, 0) is 6.42 Å². The third-order valence-corrected chi connectivity index (χ3v) is 3.40. The van der Waals surface area contributed by atoms with Crippen molar-refractivity contribution in [1.82, 2.24) is 10.3 Å². The summed E-state index contributed by atoms with van der Waals surface area (Å²) in [5, 5.41) is 3.70. The average molecular weight is 174 g/mol. The first kappa shape index (κ1) is 7.51. The van der Waals surface area contributed by atoms with Crippen molar-refractivity contribution >= 4 is 0 Å². The van der Waals surface area contributed by atoms with E-state index in [9.17, 15) is 0 Å². The minimum atomic E-state index is 0.348. The molecule has 3 heterocycles. The maximum Gasteiger partial charge on any atom is 0.0329 e. The number of fused-ring (bicyclic) bond motifs is 4. The second-order valence-corrected chi connectivity index (χ2v) is 4.55. The van der Waals surface area contributed by atoms with Crippen LogP contribution in [0.2, 0.25) is 0 Å². The Labute approximate surface area is 78.4 Å². The van der Waals surface area contributed by atoms with Crippen LogP contribution >= 0.6 is 0 Å². The van der Waals surface area contributed by atoms with Gasteiger partial charge in [0, 0.05) is 24.0 Å². The smallest absolute Gasteiger partial charge is 0.0329 e. The van der Waals surface area contributed by atoms with Crippen molar-refractivity contribution in [2.45, 2.75) is 37.8 Å². The molecule has 2 aliphatic rings. The summed E-state index contributed by atoms with van der Waals surface area (Å²) in [7, 11) is 0. The fourth-order valence-electron chi connectivity index (χ4n) is 2.75. The van der Waals surface area contributed by atoms with E-state index in [-0.39, 0.29) is 0 Å². The standard InChI is InChI=1S/C11H14N2/c1-11-4-2-10(13-11)9-3-5-12-7-8(9)6-11/h3,5,7,10,13H,2,4,6H2,1H3/t10-,11+/m1/s1. The number of hydrogen-bond acceptors (Lipinski definition) is 2. The summed E-state index contributed by atoms with van der Waals surface area (Å²) >= 11 is 0. The molecule has 1 saturated heterocycles. The highest BCUT2D eigenvalue weighted by molar-refractivity contribution is 5.34. The van der Waals surface area contributed by atoms with E-state index in [0.29, 0.717) is 11.6 Å². The molecule has 3 rings (SSSR count). The van der Waals surface area contributed by atoms with Crippen molar-refractivity contribution in [3.8, 4) is 0 Å². The van der Waals surface area contributed by atoms with E-state index in [0.717, 1.165) is 6.42 Å². The molecule has 0 aromatic carbocycles. The summed E-state index contributed by atoms with van der Waals surface area (Å²) in [6.45, 7) is 2.32. The predicted molar refractivity (Wildman–Crippen MR) is 51.5 cm³/mol. The quantitative estimate of drug-likeness (QED) is 0.649. The van der Waals surface area contributed by atoms with Gasteiger partial charge < -0.3 is 5.32 Å². The van der Waals surface area contributed by atoms with Gasteiger partial charge in [-0.2, -0.15) is 0 Å². The molecule has 2 atom stereocenters. The number of hydrogen-bond donors (Lipinski definition) is 1. The second-order valence-electron chi connectivity index (χ2n) is 4.55. The third kappa shape index (κ3) is 1.02. The molecule has 13 heavy (non-hydrogen) atoms. The number of nitrogens with one attached hydrogen (secondary N) is 1. The topological polar surface area (TPSA) is 24.9 Å². The molecule has 0 amide bonds. The summed E-state index contributed by atoms with van der Waals surface area (Å²) in [6, 6.07) is 2.76. The van der Waals surface area contributed by atoms with Crippen LogP contribution in [0, 0.1) is 0 Å². The number of rotatable bonds is 0. The summed E-state index contributed by atoms with van der Waals surface area (Å²) in [5.74, 6) is 0. The molecule has 2 heteroatoms. The highest BCUT2D eigenvalue weighted by atomic mass is 15.0. The largest absolute Gasteiger partial charge is 0.304 e. The Hall–Kier alpha value is -0.890. The van der Waals surface area contributed by atoms with Gasteiger partial charge in [-0.25, -0.2) is 0 Å². The van der Waals surface area contributed by atoms with Gasteiger partial charge in [-0.15, -0.1) is 0 Å². The second kappa shape index (κ2) is 2.32. The predicted octanol–water partition coefficient (Wildman–Crippen LogP) is 1.82. The van der Waals surface area contributed by atoms with Crippen molar-refractivity contribution in [2.75, 3.05) is 0 Å². The van der Waals surface area contributed by atoms with Gasteiger partial charge in [-0.05, 0) is 43.4 Å². The fraction of sp³-hybridized carbons (Fsp3) is 0.545. The van der Waals surface area contributed by atoms with Crippen molar-refractivity contribution in [1.29, 1.82) is 0 Å². The van der Waals surface area contributed by atoms with Crippen molar-refractivity contribution in [3.05, 3.63) is 29.6 Å². The molecule has 2 bridgehead atoms. The highest BCUT2D eigenvalue weighted by Gasteiger charge is 2.40. The molecule has 2 nitrogen and oxygen atoms in total. The van der Waals surface area contributed by atoms with Crippen LogP contribution in [0.25, 0.3) is 0 Å². The Morgan fingerprint density at radius 1 is 1.62 bits per heavy atom. The van der Waals surface area contributed by atoms with Crippen LogP contribution in [0.5, 0.6) is 0 Å². The Morgan fingerprint density at radius 3 is 3.46 bits per heavy atom. The lowest BCUT2D eigenvalue weighted by Crippen LogP contribution is -2.43. The summed E-state index contributed by atoms with van der Waals surface area (Å²) < 4.78 is 0. The van der Waals surface area contributed by atoms with E-state index in [1.54, 1.807) is 0 Å². The molecule has 68 valence electrons. The molecule has 1 fully saturated rings. The van der Waals surface area contributed by atoms with Crippen LogP contribution in [-0.4, -0.2) is 10.5 Å². The first-order chi connectivity index (χ1) is 6.27. The van der Waals surface area contributed by atoms with Crippen LogP contribution in [0.1, 0.15) is 36.9 Å². The van der Waals surface area contributed by atoms with Gasteiger partial charge >= 0.3 is 0 Å². The molecule has 0 spiro atoms. The van der Waals surface area contributed by atoms with E-state index in [1.807, 2.05) is 12.4 Å². The first-order valence-electron chi connectivity index (χ1n) is 4.97. The van der Waals surface area contributed by atoms with E-state index in [1.165, 1.54) is 24.0 Å². The highest BCUT2D eigenvalue weighted by Crippen LogP contribution is 2.40. The SMILES string of the molecule is C[C@@]12CC[C@@H](N1)c1ccncc1C2. The molecule has 0 radical (unpaired) electrons. The monoisotopic (exact) mass is 174 g/mol. The van der Waals surface area contributed by atoms with Gasteiger partial charge in [0.1, 0.15) is 0 Å². The zero-order chi connectivity index (χ0) is 8.89. The number of nitrogens with zero attached hydrogens (tertiary/aromatic N) is 1. The van der Waals surface area contributed by atoms with Crippen molar-refractivity contribution in [3.63, 3.8) is 0 Å². The van der Waals surface area contributed by atoms with Crippen molar-refractivity contribution in [2.24, 2.45) is 0 Å². The van der Waals surface area contributed by atoms with Gasteiger partial charge in [-0.1, -0.05) is 0 Å². The van der Waals surface area contributed by atoms with Crippen LogP contribution < -0.4 is 5.32 Å². The van der Waals surface area contributed by atoms with E-state index >= 15 is 0 Å². The summed E-state index contributed by atoms with van der Waals surface area (Å²) in [6.07, 6.45) is 7.67. The average Bonchev–Trinajstić information content (AvgIpc) is 2.43. The molecule has 1 N–H and O–H groups in total. The molecule has 1 aromatic rings. The van der Waals surface area contributed by atoms with Crippen LogP contribution in [0.3, 0.4) is 0 Å². The lowest BCUT2D eigenvalue weighted by molar-refractivity contribution is 0.370. The molecule has 0 unspecified atom stereocenters. The zero-order valence-corrected chi connectivity index (χ0v) is 7.88. The van der Waals surface area contributed by atoms with Crippen molar-refractivity contribution < 1.29 is 0 Å². The van der Waals surface area contributed by atoms with Crippen LogP contribution in [0.15, 0.2) is 18.5 Å². The molecule has 0 aliphatic carbocycles. The normalized spacial score (nSPS) is 35.9. The molecular weight excluding hydrogens is 160 g/mol. The van der Waals surface area contributed by atoms with E-state index in [2.05, 4.69) is 23.3 Å². The summed E-state index contributed by atoms with van der Waals surface area (Å²) in [5.41, 5.74) is 3.27. The van der Waals surface area contributed by atoms with E-state index < -0.39 is 0 Å². The summed E-state index contributed by atoms with van der Waals surface area (Å²) in [4.78, 5) is 4.20. The maximum atomic E-state index is 4.20. The Bertz CT molecular complexity index is 348. The number of pyridine rings is 1. The van der Waals surface area contributed by atoms with Gasteiger partial charge in [0.15, 0.2) is 0 Å². The number of aromatic nitrogens is 1. The Kier molecular flexibility index (Phi) is 1.34. The molecular formula is C11H14N2. The van der Waals surface area contributed by atoms with Crippen LogP contribution in [0.4, 0.5) is 0 Å². The van der Waals surface area contributed by atoms with Gasteiger partial charge in [0.25, 0.3) is 0 Å². The zero-order valence-electron chi connectivity index (χ0n) is 7.88. The molecule has 1 aromatic heterocycles. The maximum absolute atomic E-state index is 4.20. The van der Waals surface area contributed by atoms with Gasteiger partial charge in [0.05, 0.1) is 0 Å². The lowest BCUT2D eigenvalue weighted by Gasteiger charge is -2.32.